The smallest absolute Gasteiger partial charge is 0.253 e. The highest BCUT2D eigenvalue weighted by Crippen LogP contribution is 2.22. The number of rotatable bonds is 5. The van der Waals surface area contributed by atoms with Crippen LogP contribution in [0, 0.1) is 0 Å². The number of hydrogen-bond donors (Lipinski definition) is 0. The SMILES string of the molecule is COc1ccc(C(=O)N2CCN(c3ccc(-c4ccc(OC)cc4)nn3)CC2)cc1. The highest BCUT2D eigenvalue weighted by atomic mass is 16.5. The average molecular weight is 404 g/mol. The molecule has 1 aliphatic heterocycles. The predicted molar refractivity (Wildman–Crippen MR) is 115 cm³/mol. The molecule has 1 aliphatic rings. The van der Waals surface area contributed by atoms with Crippen LogP contribution in [-0.4, -0.2) is 61.4 Å². The van der Waals surface area contributed by atoms with E-state index in [1.54, 1.807) is 26.4 Å². The first-order chi connectivity index (χ1) is 14.7. The minimum absolute atomic E-state index is 0.0400. The maximum Gasteiger partial charge on any atom is 0.253 e. The van der Waals surface area contributed by atoms with Crippen molar-refractivity contribution in [1.82, 2.24) is 15.1 Å². The van der Waals surface area contributed by atoms with Gasteiger partial charge in [-0.3, -0.25) is 4.79 Å². The van der Waals surface area contributed by atoms with E-state index in [0.29, 0.717) is 18.7 Å². The number of anilines is 1. The average Bonchev–Trinajstić information content (AvgIpc) is 2.84. The summed E-state index contributed by atoms with van der Waals surface area (Å²) in [4.78, 5) is 16.7. The Labute approximate surface area is 175 Å². The Morgan fingerprint density at radius 1 is 0.767 bits per heavy atom. The topological polar surface area (TPSA) is 67.8 Å². The first-order valence-corrected chi connectivity index (χ1v) is 9.84. The highest BCUT2D eigenvalue weighted by molar-refractivity contribution is 5.94. The zero-order valence-electron chi connectivity index (χ0n) is 17.1. The fraction of sp³-hybridized carbons (Fsp3) is 0.261. The van der Waals surface area contributed by atoms with Gasteiger partial charge in [0.1, 0.15) is 11.5 Å². The monoisotopic (exact) mass is 404 g/mol. The van der Waals surface area contributed by atoms with Crippen molar-refractivity contribution in [3.8, 4) is 22.8 Å². The van der Waals surface area contributed by atoms with Gasteiger partial charge in [-0.1, -0.05) is 0 Å². The van der Waals surface area contributed by atoms with Gasteiger partial charge in [0.25, 0.3) is 5.91 Å². The summed E-state index contributed by atoms with van der Waals surface area (Å²) in [6.45, 7) is 2.73. The number of benzene rings is 2. The van der Waals surface area contributed by atoms with Gasteiger partial charge in [0.15, 0.2) is 5.82 Å². The lowest BCUT2D eigenvalue weighted by Gasteiger charge is -2.35. The van der Waals surface area contributed by atoms with Crippen molar-refractivity contribution in [3.05, 3.63) is 66.2 Å². The molecule has 1 saturated heterocycles. The Bertz CT molecular complexity index is 980. The maximum atomic E-state index is 12.7. The quantitative estimate of drug-likeness (QED) is 0.651. The van der Waals surface area contributed by atoms with Gasteiger partial charge >= 0.3 is 0 Å². The molecule has 0 aliphatic carbocycles. The molecule has 0 spiro atoms. The minimum atomic E-state index is 0.0400. The number of carbonyl (C=O) groups excluding carboxylic acids is 1. The fourth-order valence-electron chi connectivity index (χ4n) is 3.46. The summed E-state index contributed by atoms with van der Waals surface area (Å²) >= 11 is 0. The Morgan fingerprint density at radius 2 is 1.37 bits per heavy atom. The molecule has 0 unspecified atom stereocenters. The molecule has 7 nitrogen and oxygen atoms in total. The molecule has 0 saturated carbocycles. The lowest BCUT2D eigenvalue weighted by atomic mass is 10.1. The number of methoxy groups -OCH3 is 2. The van der Waals surface area contributed by atoms with Crippen molar-refractivity contribution in [3.63, 3.8) is 0 Å². The standard InChI is InChI=1S/C23H24N4O3/c1-29-19-7-3-17(4-8-19)21-11-12-22(25-24-21)26-13-15-27(16-14-26)23(28)18-5-9-20(30-2)10-6-18/h3-12H,13-16H2,1-2H3. The van der Waals surface area contributed by atoms with Crippen LogP contribution in [0.4, 0.5) is 5.82 Å². The third kappa shape index (κ3) is 4.20. The molecule has 3 aromatic rings. The van der Waals surface area contributed by atoms with Crippen LogP contribution in [0.5, 0.6) is 11.5 Å². The summed E-state index contributed by atoms with van der Waals surface area (Å²) in [6, 6.07) is 18.9. The Kier molecular flexibility index (Phi) is 5.79. The molecule has 1 fully saturated rings. The molecule has 2 aromatic carbocycles. The Hall–Kier alpha value is -3.61. The number of aromatic nitrogens is 2. The fourth-order valence-corrected chi connectivity index (χ4v) is 3.46. The lowest BCUT2D eigenvalue weighted by Crippen LogP contribution is -2.49. The van der Waals surface area contributed by atoms with Crippen LogP contribution in [-0.2, 0) is 0 Å². The summed E-state index contributed by atoms with van der Waals surface area (Å²) in [7, 11) is 3.26. The zero-order chi connectivity index (χ0) is 20.9. The second kappa shape index (κ2) is 8.82. The van der Waals surface area contributed by atoms with Crippen molar-refractivity contribution in [2.75, 3.05) is 45.3 Å². The first kappa shape index (κ1) is 19.7. The number of piperazine rings is 1. The number of carbonyl (C=O) groups is 1. The molecule has 0 N–H and O–H groups in total. The van der Waals surface area contributed by atoms with Crippen molar-refractivity contribution < 1.29 is 14.3 Å². The Balaban J connectivity index is 1.36. The highest BCUT2D eigenvalue weighted by Gasteiger charge is 2.23. The van der Waals surface area contributed by atoms with Crippen molar-refractivity contribution >= 4 is 11.7 Å². The predicted octanol–water partition coefficient (Wildman–Crippen LogP) is 3.12. The van der Waals surface area contributed by atoms with E-state index in [0.717, 1.165) is 41.7 Å². The number of amides is 1. The molecule has 0 atom stereocenters. The minimum Gasteiger partial charge on any atom is -0.497 e. The van der Waals surface area contributed by atoms with E-state index in [1.807, 2.05) is 53.4 Å². The molecule has 2 heterocycles. The third-order valence-corrected chi connectivity index (χ3v) is 5.26. The largest absolute Gasteiger partial charge is 0.497 e. The normalized spacial score (nSPS) is 13.8. The van der Waals surface area contributed by atoms with Crippen molar-refractivity contribution in [2.24, 2.45) is 0 Å². The van der Waals surface area contributed by atoms with Gasteiger partial charge in [-0.15, -0.1) is 10.2 Å². The van der Waals surface area contributed by atoms with Gasteiger partial charge in [-0.2, -0.15) is 0 Å². The van der Waals surface area contributed by atoms with Crippen LogP contribution in [0.3, 0.4) is 0 Å². The van der Waals surface area contributed by atoms with Crippen LogP contribution in [0.15, 0.2) is 60.7 Å². The van der Waals surface area contributed by atoms with Crippen LogP contribution < -0.4 is 14.4 Å². The first-order valence-electron chi connectivity index (χ1n) is 9.84. The molecule has 1 amide bonds. The van der Waals surface area contributed by atoms with Crippen LogP contribution in [0.1, 0.15) is 10.4 Å². The van der Waals surface area contributed by atoms with Gasteiger partial charge in [0.2, 0.25) is 0 Å². The Morgan fingerprint density at radius 3 is 1.90 bits per heavy atom. The summed E-state index contributed by atoms with van der Waals surface area (Å²) < 4.78 is 10.3. The van der Waals surface area contributed by atoms with Gasteiger partial charge < -0.3 is 19.3 Å². The molecule has 4 rings (SSSR count). The van der Waals surface area contributed by atoms with Gasteiger partial charge in [0, 0.05) is 37.3 Å². The molecular weight excluding hydrogens is 380 g/mol. The van der Waals surface area contributed by atoms with Crippen LogP contribution in [0.25, 0.3) is 11.3 Å². The summed E-state index contributed by atoms with van der Waals surface area (Å²) in [5.41, 5.74) is 2.48. The summed E-state index contributed by atoms with van der Waals surface area (Å²) in [5, 5.41) is 8.77. The van der Waals surface area contributed by atoms with E-state index in [1.165, 1.54) is 0 Å². The van der Waals surface area contributed by atoms with E-state index in [-0.39, 0.29) is 5.91 Å². The third-order valence-electron chi connectivity index (χ3n) is 5.26. The molecule has 30 heavy (non-hydrogen) atoms. The van der Waals surface area contributed by atoms with Gasteiger partial charge in [0.05, 0.1) is 19.9 Å². The number of hydrogen-bond acceptors (Lipinski definition) is 6. The molecule has 154 valence electrons. The molecule has 1 aromatic heterocycles. The lowest BCUT2D eigenvalue weighted by molar-refractivity contribution is 0.0746. The molecular formula is C23H24N4O3. The number of ether oxygens (including phenoxy) is 2. The van der Waals surface area contributed by atoms with E-state index >= 15 is 0 Å². The second-order valence-corrected chi connectivity index (χ2v) is 7.01. The number of nitrogens with zero attached hydrogens (tertiary/aromatic N) is 4. The maximum absolute atomic E-state index is 12.7. The van der Waals surface area contributed by atoms with E-state index < -0.39 is 0 Å². The molecule has 7 heteroatoms. The summed E-state index contributed by atoms with van der Waals surface area (Å²) in [6.07, 6.45) is 0. The van der Waals surface area contributed by atoms with Crippen molar-refractivity contribution in [1.29, 1.82) is 0 Å². The van der Waals surface area contributed by atoms with Gasteiger partial charge in [-0.05, 0) is 60.7 Å². The zero-order valence-corrected chi connectivity index (χ0v) is 17.1. The second-order valence-electron chi connectivity index (χ2n) is 7.01. The van der Waals surface area contributed by atoms with Crippen LogP contribution >= 0.6 is 0 Å². The van der Waals surface area contributed by atoms with Crippen LogP contribution in [0.2, 0.25) is 0 Å². The van der Waals surface area contributed by atoms with Crippen molar-refractivity contribution in [2.45, 2.75) is 0 Å². The van der Waals surface area contributed by atoms with E-state index in [4.69, 9.17) is 9.47 Å². The summed E-state index contributed by atoms with van der Waals surface area (Å²) in [5.74, 6) is 2.42. The van der Waals surface area contributed by atoms with E-state index in [2.05, 4.69) is 15.1 Å². The molecule has 0 bridgehead atoms. The molecule has 0 radical (unpaired) electrons. The van der Waals surface area contributed by atoms with E-state index in [9.17, 15) is 4.79 Å². The van der Waals surface area contributed by atoms with Gasteiger partial charge in [-0.25, -0.2) is 0 Å².